The molecule has 1 atom stereocenters. The Morgan fingerprint density at radius 2 is 2.38 bits per heavy atom. The Hall–Kier alpha value is -2.12. The molecule has 2 aromatic rings. The van der Waals surface area contributed by atoms with Crippen LogP contribution in [-0.4, -0.2) is 47.3 Å². The highest BCUT2D eigenvalue weighted by atomic mass is 16.5. The summed E-state index contributed by atoms with van der Waals surface area (Å²) in [5, 5.41) is 10.6. The van der Waals surface area contributed by atoms with Gasteiger partial charge in [-0.05, 0) is 12.1 Å². The Labute approximate surface area is 140 Å². The second-order valence-electron chi connectivity index (χ2n) is 6.20. The van der Waals surface area contributed by atoms with Crippen molar-refractivity contribution in [1.82, 2.24) is 20.4 Å². The van der Waals surface area contributed by atoms with Crippen LogP contribution < -0.4 is 5.32 Å². The lowest BCUT2D eigenvalue weighted by atomic mass is 10.1. The van der Waals surface area contributed by atoms with Gasteiger partial charge < -0.3 is 19.4 Å². The number of carbonyl (C=O) groups excluding carboxylic acids is 1. The van der Waals surface area contributed by atoms with Crippen LogP contribution in [0.4, 0.5) is 0 Å². The van der Waals surface area contributed by atoms with Gasteiger partial charge in [-0.1, -0.05) is 6.92 Å². The number of aromatic nitrogens is 2. The van der Waals surface area contributed by atoms with Crippen molar-refractivity contribution >= 4 is 5.91 Å². The van der Waals surface area contributed by atoms with Crippen LogP contribution in [-0.2, 0) is 24.1 Å². The molecule has 2 aliphatic rings. The topological polar surface area (TPSA) is 83.4 Å². The first-order valence-corrected chi connectivity index (χ1v) is 8.52. The van der Waals surface area contributed by atoms with Gasteiger partial charge in [0.25, 0.3) is 5.91 Å². The van der Waals surface area contributed by atoms with E-state index in [-0.39, 0.29) is 11.9 Å². The van der Waals surface area contributed by atoms with Crippen molar-refractivity contribution < 1.29 is 13.9 Å². The molecule has 2 N–H and O–H groups in total. The standard InChI is InChI=1S/C17H22N4O3/c1-2-11-3-4-15(24-11)14-10-23-8-7-21(14)17(22)16-12-9-18-6-5-13(12)19-20-16/h3-4,14,18H,2,5-10H2,1H3,(H,19,20). The van der Waals surface area contributed by atoms with E-state index >= 15 is 0 Å². The lowest BCUT2D eigenvalue weighted by Gasteiger charge is -2.34. The Morgan fingerprint density at radius 1 is 1.46 bits per heavy atom. The van der Waals surface area contributed by atoms with Crippen LogP contribution in [0.3, 0.4) is 0 Å². The van der Waals surface area contributed by atoms with Crippen LogP contribution in [0.5, 0.6) is 0 Å². The minimum Gasteiger partial charge on any atom is -0.464 e. The summed E-state index contributed by atoms with van der Waals surface area (Å²) < 4.78 is 11.5. The molecule has 0 bridgehead atoms. The minimum absolute atomic E-state index is 0.0565. The summed E-state index contributed by atoms with van der Waals surface area (Å²) in [5.41, 5.74) is 2.57. The summed E-state index contributed by atoms with van der Waals surface area (Å²) in [4.78, 5) is 14.9. The molecule has 1 saturated heterocycles. The first-order chi connectivity index (χ1) is 11.8. The van der Waals surface area contributed by atoms with Gasteiger partial charge in [-0.25, -0.2) is 0 Å². The molecule has 1 fully saturated rings. The van der Waals surface area contributed by atoms with Crippen molar-refractivity contribution in [2.45, 2.75) is 32.4 Å². The number of H-pyrrole nitrogens is 1. The van der Waals surface area contributed by atoms with E-state index in [1.807, 2.05) is 24.0 Å². The van der Waals surface area contributed by atoms with Gasteiger partial charge in [0.05, 0.1) is 13.2 Å². The van der Waals surface area contributed by atoms with E-state index in [1.165, 1.54) is 0 Å². The SMILES string of the molecule is CCc1ccc(C2COCCN2C(=O)c2n[nH]c3c2CNCC3)o1. The fourth-order valence-corrected chi connectivity index (χ4v) is 3.38. The molecular formula is C17H22N4O3. The number of rotatable bonds is 3. The zero-order valence-corrected chi connectivity index (χ0v) is 13.8. The van der Waals surface area contributed by atoms with Gasteiger partial charge in [0, 0.05) is 43.7 Å². The van der Waals surface area contributed by atoms with E-state index in [4.69, 9.17) is 9.15 Å². The normalized spacial score (nSPS) is 20.9. The average Bonchev–Trinajstić information content (AvgIpc) is 3.28. The Kier molecular flexibility index (Phi) is 4.12. The highest BCUT2D eigenvalue weighted by molar-refractivity contribution is 5.94. The largest absolute Gasteiger partial charge is 0.464 e. The van der Waals surface area contributed by atoms with Crippen LogP contribution in [0.25, 0.3) is 0 Å². The summed E-state index contributed by atoms with van der Waals surface area (Å²) in [6.45, 7) is 5.17. The molecule has 0 saturated carbocycles. The Morgan fingerprint density at radius 3 is 3.21 bits per heavy atom. The van der Waals surface area contributed by atoms with Gasteiger partial charge in [-0.3, -0.25) is 9.89 Å². The van der Waals surface area contributed by atoms with Crippen LogP contribution in [0.15, 0.2) is 16.5 Å². The van der Waals surface area contributed by atoms with Crippen molar-refractivity contribution in [3.05, 3.63) is 40.6 Å². The maximum atomic E-state index is 13.1. The van der Waals surface area contributed by atoms with E-state index in [0.29, 0.717) is 32.0 Å². The Bertz CT molecular complexity index is 736. The fraction of sp³-hybridized carbons (Fsp3) is 0.529. The number of hydrogen-bond acceptors (Lipinski definition) is 5. The third-order valence-electron chi connectivity index (χ3n) is 4.76. The van der Waals surface area contributed by atoms with Gasteiger partial charge in [0.1, 0.15) is 17.6 Å². The average molecular weight is 330 g/mol. The third-order valence-corrected chi connectivity index (χ3v) is 4.76. The van der Waals surface area contributed by atoms with Crippen molar-refractivity contribution in [2.75, 3.05) is 26.3 Å². The molecule has 128 valence electrons. The van der Waals surface area contributed by atoms with Crippen molar-refractivity contribution in [3.63, 3.8) is 0 Å². The number of amides is 1. The molecule has 1 unspecified atom stereocenters. The van der Waals surface area contributed by atoms with E-state index in [1.54, 1.807) is 0 Å². The molecule has 4 rings (SSSR count). The van der Waals surface area contributed by atoms with Gasteiger partial charge >= 0.3 is 0 Å². The van der Waals surface area contributed by atoms with Crippen molar-refractivity contribution in [2.24, 2.45) is 0 Å². The van der Waals surface area contributed by atoms with E-state index in [2.05, 4.69) is 15.5 Å². The molecule has 7 heteroatoms. The minimum atomic E-state index is -0.199. The number of aryl methyl sites for hydroxylation is 1. The number of ether oxygens (including phenoxy) is 1. The van der Waals surface area contributed by atoms with Gasteiger partial charge in [-0.15, -0.1) is 0 Å². The summed E-state index contributed by atoms with van der Waals surface area (Å²) in [6.07, 6.45) is 1.71. The molecule has 2 aliphatic heterocycles. The van der Waals surface area contributed by atoms with E-state index in [9.17, 15) is 4.79 Å². The van der Waals surface area contributed by atoms with Crippen molar-refractivity contribution in [3.8, 4) is 0 Å². The Balaban J connectivity index is 1.62. The second-order valence-corrected chi connectivity index (χ2v) is 6.20. The van der Waals surface area contributed by atoms with Crippen molar-refractivity contribution in [1.29, 1.82) is 0 Å². The number of hydrogen-bond donors (Lipinski definition) is 2. The summed E-state index contributed by atoms with van der Waals surface area (Å²) >= 11 is 0. The lowest BCUT2D eigenvalue weighted by Crippen LogP contribution is -2.44. The first kappa shape index (κ1) is 15.4. The molecule has 0 spiro atoms. The lowest BCUT2D eigenvalue weighted by molar-refractivity contribution is -0.00937. The molecular weight excluding hydrogens is 308 g/mol. The molecule has 7 nitrogen and oxygen atoms in total. The number of nitrogens with one attached hydrogen (secondary N) is 2. The molecule has 1 amide bonds. The van der Waals surface area contributed by atoms with Crippen LogP contribution in [0.2, 0.25) is 0 Å². The maximum Gasteiger partial charge on any atom is 0.275 e. The number of fused-ring (bicyclic) bond motifs is 1. The number of furan rings is 1. The molecule has 24 heavy (non-hydrogen) atoms. The zero-order valence-electron chi connectivity index (χ0n) is 13.8. The molecule has 0 aromatic carbocycles. The summed E-state index contributed by atoms with van der Waals surface area (Å²) in [6, 6.07) is 3.71. The van der Waals surface area contributed by atoms with Gasteiger partial charge in [0.15, 0.2) is 5.69 Å². The molecule has 0 aliphatic carbocycles. The zero-order chi connectivity index (χ0) is 16.5. The molecule has 0 radical (unpaired) electrons. The summed E-state index contributed by atoms with van der Waals surface area (Å²) in [7, 11) is 0. The van der Waals surface area contributed by atoms with E-state index in [0.717, 1.165) is 42.2 Å². The third kappa shape index (κ3) is 2.63. The highest BCUT2D eigenvalue weighted by Gasteiger charge is 2.34. The first-order valence-electron chi connectivity index (χ1n) is 8.52. The number of carbonyl (C=O) groups is 1. The van der Waals surface area contributed by atoms with Crippen LogP contribution >= 0.6 is 0 Å². The molecule has 4 heterocycles. The summed E-state index contributed by atoms with van der Waals surface area (Å²) in [5.74, 6) is 1.64. The number of aromatic amines is 1. The maximum absolute atomic E-state index is 13.1. The van der Waals surface area contributed by atoms with E-state index < -0.39 is 0 Å². The number of nitrogens with zero attached hydrogens (tertiary/aromatic N) is 2. The predicted molar refractivity (Wildman–Crippen MR) is 86.7 cm³/mol. The highest BCUT2D eigenvalue weighted by Crippen LogP contribution is 2.28. The quantitative estimate of drug-likeness (QED) is 0.889. The smallest absolute Gasteiger partial charge is 0.275 e. The number of morpholine rings is 1. The van der Waals surface area contributed by atoms with Gasteiger partial charge in [0.2, 0.25) is 0 Å². The predicted octanol–water partition coefficient (Wildman–Crippen LogP) is 1.42. The van der Waals surface area contributed by atoms with Gasteiger partial charge in [-0.2, -0.15) is 5.10 Å². The van der Waals surface area contributed by atoms with Crippen LogP contribution in [0, 0.1) is 0 Å². The molecule has 2 aromatic heterocycles. The second kappa shape index (κ2) is 6.41. The monoisotopic (exact) mass is 330 g/mol. The van der Waals surface area contributed by atoms with Crippen LogP contribution in [0.1, 0.15) is 46.2 Å². The fourth-order valence-electron chi connectivity index (χ4n) is 3.38.